The van der Waals surface area contributed by atoms with E-state index in [0.717, 1.165) is 18.7 Å². The van der Waals surface area contributed by atoms with Crippen molar-refractivity contribution in [3.63, 3.8) is 0 Å². The van der Waals surface area contributed by atoms with Gasteiger partial charge in [0.2, 0.25) is 0 Å². The lowest BCUT2D eigenvalue weighted by Gasteiger charge is -2.35. The van der Waals surface area contributed by atoms with Crippen LogP contribution in [0.25, 0.3) is 0 Å². The molecule has 1 fully saturated rings. The number of halogens is 2. The molecule has 0 saturated carbocycles. The van der Waals surface area contributed by atoms with Crippen LogP contribution in [0, 0.1) is 5.82 Å². The topological polar surface area (TPSA) is 60.0 Å². The Bertz CT molecular complexity index is 872. The molecule has 29 heavy (non-hydrogen) atoms. The van der Waals surface area contributed by atoms with Crippen molar-refractivity contribution < 1.29 is 23.4 Å². The largest absolute Gasteiger partial charge is 0.486 e. The summed E-state index contributed by atoms with van der Waals surface area (Å²) in [7, 11) is 0. The van der Waals surface area contributed by atoms with Gasteiger partial charge in [0, 0.05) is 25.2 Å². The van der Waals surface area contributed by atoms with E-state index in [1.165, 1.54) is 12.1 Å². The van der Waals surface area contributed by atoms with E-state index in [9.17, 15) is 9.18 Å². The minimum absolute atomic E-state index is 0.0869. The fourth-order valence-corrected chi connectivity index (χ4v) is 3.83. The maximum Gasteiger partial charge on any atom is 0.251 e. The molecule has 1 atom stereocenters. The summed E-state index contributed by atoms with van der Waals surface area (Å²) in [6, 6.07) is 9.50. The van der Waals surface area contributed by atoms with E-state index in [1.807, 2.05) is 0 Å². The summed E-state index contributed by atoms with van der Waals surface area (Å²) in [4.78, 5) is 15.0. The molecular formula is C21H22ClFN2O4. The van der Waals surface area contributed by atoms with Gasteiger partial charge in [0.15, 0.2) is 11.5 Å². The highest BCUT2D eigenvalue weighted by Gasteiger charge is 2.24. The second kappa shape index (κ2) is 8.98. The predicted molar refractivity (Wildman–Crippen MR) is 106 cm³/mol. The number of benzene rings is 2. The Morgan fingerprint density at radius 1 is 1.10 bits per heavy atom. The number of carbonyl (C=O) groups excluding carboxylic acids is 1. The Balaban J connectivity index is 1.50. The van der Waals surface area contributed by atoms with E-state index in [2.05, 4.69) is 10.2 Å². The van der Waals surface area contributed by atoms with Crippen LogP contribution < -0.4 is 14.8 Å². The van der Waals surface area contributed by atoms with Gasteiger partial charge >= 0.3 is 0 Å². The zero-order valence-electron chi connectivity index (χ0n) is 15.8. The molecule has 2 aliphatic rings. The molecule has 8 heteroatoms. The maximum atomic E-state index is 13.4. The number of hydrogen-bond donors (Lipinski definition) is 1. The second-order valence-electron chi connectivity index (χ2n) is 6.91. The number of nitrogens with zero attached hydrogens (tertiary/aromatic N) is 1. The number of amides is 1. The van der Waals surface area contributed by atoms with Crippen molar-refractivity contribution in [2.75, 3.05) is 46.1 Å². The number of carbonyl (C=O) groups is 1. The normalized spacial score (nSPS) is 17.6. The highest BCUT2D eigenvalue weighted by Crippen LogP contribution is 2.38. The predicted octanol–water partition coefficient (Wildman–Crippen LogP) is 3.05. The molecule has 1 saturated heterocycles. The third-order valence-corrected chi connectivity index (χ3v) is 5.34. The maximum absolute atomic E-state index is 13.4. The molecular weight excluding hydrogens is 399 g/mol. The molecule has 2 heterocycles. The second-order valence-corrected chi connectivity index (χ2v) is 7.32. The Hall–Kier alpha value is -2.35. The van der Waals surface area contributed by atoms with E-state index in [-0.39, 0.29) is 17.8 Å². The van der Waals surface area contributed by atoms with Gasteiger partial charge in [-0.2, -0.15) is 0 Å². The lowest BCUT2D eigenvalue weighted by Crippen LogP contribution is -2.43. The molecule has 1 amide bonds. The SMILES string of the molecule is O=C(NC[C@H](c1ccc(F)cc1)N1CCOCC1)c1cc(Cl)c2c(c1)OCCO2. The first-order chi connectivity index (χ1) is 14.1. The fourth-order valence-electron chi connectivity index (χ4n) is 3.57. The van der Waals surface area contributed by atoms with Crippen LogP contribution in [0.15, 0.2) is 36.4 Å². The molecule has 2 aromatic rings. The van der Waals surface area contributed by atoms with E-state index in [1.54, 1.807) is 24.3 Å². The molecule has 1 N–H and O–H groups in total. The van der Waals surface area contributed by atoms with E-state index < -0.39 is 0 Å². The van der Waals surface area contributed by atoms with Crippen molar-refractivity contribution in [1.82, 2.24) is 10.2 Å². The first-order valence-corrected chi connectivity index (χ1v) is 9.94. The molecule has 0 aliphatic carbocycles. The highest BCUT2D eigenvalue weighted by molar-refractivity contribution is 6.32. The van der Waals surface area contributed by atoms with E-state index in [0.29, 0.717) is 55.1 Å². The Labute approximate surface area is 173 Å². The monoisotopic (exact) mass is 420 g/mol. The van der Waals surface area contributed by atoms with Gasteiger partial charge in [-0.05, 0) is 29.8 Å². The zero-order valence-corrected chi connectivity index (χ0v) is 16.6. The molecule has 154 valence electrons. The molecule has 6 nitrogen and oxygen atoms in total. The first kappa shape index (κ1) is 19.9. The van der Waals surface area contributed by atoms with Gasteiger partial charge < -0.3 is 19.5 Å². The summed E-state index contributed by atoms with van der Waals surface area (Å²) in [5, 5.41) is 3.32. The van der Waals surface area contributed by atoms with E-state index in [4.69, 9.17) is 25.8 Å². The molecule has 2 aromatic carbocycles. The van der Waals surface area contributed by atoms with Crippen molar-refractivity contribution in [2.45, 2.75) is 6.04 Å². The van der Waals surface area contributed by atoms with E-state index >= 15 is 0 Å². The number of rotatable bonds is 5. The molecule has 0 spiro atoms. The van der Waals surface area contributed by atoms with Gasteiger partial charge in [-0.3, -0.25) is 9.69 Å². The van der Waals surface area contributed by atoms with Crippen LogP contribution in [0.2, 0.25) is 5.02 Å². The number of nitrogens with one attached hydrogen (secondary N) is 1. The smallest absolute Gasteiger partial charge is 0.251 e. The molecule has 0 aromatic heterocycles. The van der Waals surface area contributed by atoms with Crippen LogP contribution in [0.5, 0.6) is 11.5 Å². The number of fused-ring (bicyclic) bond motifs is 1. The summed E-state index contributed by atoms with van der Waals surface area (Å²) >= 11 is 6.24. The standard InChI is InChI=1S/C21H22ClFN2O4/c22-17-11-15(12-19-20(17)29-10-9-28-19)21(26)24-13-18(25-5-7-27-8-6-25)14-1-3-16(23)4-2-14/h1-4,11-12,18H,5-10,13H2,(H,24,26)/t18-/m1/s1. The van der Waals surface area contributed by atoms with Crippen molar-refractivity contribution in [3.05, 3.63) is 58.4 Å². The van der Waals surface area contributed by atoms with Gasteiger partial charge in [-0.15, -0.1) is 0 Å². The minimum atomic E-state index is -0.288. The fraction of sp³-hybridized carbons (Fsp3) is 0.381. The van der Waals surface area contributed by atoms with Crippen LogP contribution in [-0.2, 0) is 4.74 Å². The number of hydrogen-bond acceptors (Lipinski definition) is 5. The summed E-state index contributed by atoms with van der Waals surface area (Å²) in [6.45, 7) is 3.96. The third-order valence-electron chi connectivity index (χ3n) is 5.06. The summed E-state index contributed by atoms with van der Waals surface area (Å²) < 4.78 is 29.8. The quantitative estimate of drug-likeness (QED) is 0.805. The highest BCUT2D eigenvalue weighted by atomic mass is 35.5. The minimum Gasteiger partial charge on any atom is -0.486 e. The first-order valence-electron chi connectivity index (χ1n) is 9.56. The van der Waals surface area contributed by atoms with Crippen molar-refractivity contribution in [3.8, 4) is 11.5 Å². The molecule has 4 rings (SSSR count). The van der Waals surface area contributed by atoms with Gasteiger partial charge in [0.1, 0.15) is 19.0 Å². The van der Waals surface area contributed by atoms with Gasteiger partial charge in [-0.1, -0.05) is 23.7 Å². The van der Waals surface area contributed by atoms with Crippen molar-refractivity contribution >= 4 is 17.5 Å². The van der Waals surface area contributed by atoms with Crippen LogP contribution in [0.1, 0.15) is 22.0 Å². The summed E-state index contributed by atoms with van der Waals surface area (Å²) in [5.74, 6) is 0.387. The lowest BCUT2D eigenvalue weighted by atomic mass is 10.0. The van der Waals surface area contributed by atoms with Crippen LogP contribution in [-0.4, -0.2) is 56.9 Å². The van der Waals surface area contributed by atoms with Crippen LogP contribution in [0.4, 0.5) is 4.39 Å². The van der Waals surface area contributed by atoms with Gasteiger partial charge in [-0.25, -0.2) is 4.39 Å². The Morgan fingerprint density at radius 3 is 2.59 bits per heavy atom. The number of ether oxygens (including phenoxy) is 3. The van der Waals surface area contributed by atoms with Gasteiger partial charge in [0.05, 0.1) is 24.3 Å². The van der Waals surface area contributed by atoms with Gasteiger partial charge in [0.25, 0.3) is 5.91 Å². The third kappa shape index (κ3) is 4.63. The number of morpholine rings is 1. The average molecular weight is 421 g/mol. The molecule has 0 radical (unpaired) electrons. The lowest BCUT2D eigenvalue weighted by molar-refractivity contribution is 0.0162. The summed E-state index contributed by atoms with van der Waals surface area (Å²) in [6.07, 6.45) is 0. The Kier molecular flexibility index (Phi) is 6.18. The van der Waals surface area contributed by atoms with Crippen molar-refractivity contribution in [1.29, 1.82) is 0 Å². The zero-order chi connectivity index (χ0) is 20.2. The van der Waals surface area contributed by atoms with Crippen LogP contribution >= 0.6 is 11.6 Å². The van der Waals surface area contributed by atoms with Crippen molar-refractivity contribution in [2.24, 2.45) is 0 Å². The average Bonchev–Trinajstić information content (AvgIpc) is 2.75. The molecule has 0 bridgehead atoms. The molecule has 2 aliphatic heterocycles. The Morgan fingerprint density at radius 2 is 1.83 bits per heavy atom. The summed E-state index contributed by atoms with van der Waals surface area (Å²) in [5.41, 5.74) is 1.34. The van der Waals surface area contributed by atoms with Crippen LogP contribution in [0.3, 0.4) is 0 Å². The molecule has 0 unspecified atom stereocenters.